The molecule has 5 nitrogen and oxygen atoms in total. The van der Waals surface area contributed by atoms with E-state index in [0.29, 0.717) is 17.7 Å². The zero-order valence-electron chi connectivity index (χ0n) is 13.3. The Balaban J connectivity index is 2.95. The maximum absolute atomic E-state index is 12.4. The molecule has 0 unspecified atom stereocenters. The fourth-order valence-corrected chi connectivity index (χ4v) is 3.75. The van der Waals surface area contributed by atoms with E-state index in [2.05, 4.69) is 4.72 Å². The van der Waals surface area contributed by atoms with E-state index < -0.39 is 10.0 Å². The maximum atomic E-state index is 12.4. The van der Waals surface area contributed by atoms with Gasteiger partial charge in [-0.1, -0.05) is 19.9 Å². The molecule has 0 amide bonds. The lowest BCUT2D eigenvalue weighted by molar-refractivity contribution is 0.242. The topological polar surface area (TPSA) is 73.2 Å². The van der Waals surface area contributed by atoms with Crippen molar-refractivity contribution in [1.29, 1.82) is 5.26 Å². The van der Waals surface area contributed by atoms with E-state index in [1.807, 2.05) is 38.9 Å². The third-order valence-electron chi connectivity index (χ3n) is 3.09. The smallest absolute Gasteiger partial charge is 0.240 e. The molecule has 1 rings (SSSR count). The van der Waals surface area contributed by atoms with Crippen LogP contribution in [0.5, 0.6) is 0 Å². The van der Waals surface area contributed by atoms with Crippen LogP contribution in [0.25, 0.3) is 0 Å². The molecule has 0 heterocycles. The molecule has 116 valence electrons. The van der Waals surface area contributed by atoms with Gasteiger partial charge in [0.1, 0.15) is 0 Å². The Morgan fingerprint density at radius 3 is 2.48 bits per heavy atom. The second kappa shape index (κ2) is 6.56. The lowest BCUT2D eigenvalue weighted by Gasteiger charge is -2.28. The first kappa shape index (κ1) is 17.6. The van der Waals surface area contributed by atoms with Crippen LogP contribution in [0.15, 0.2) is 23.1 Å². The van der Waals surface area contributed by atoms with Crippen molar-refractivity contribution in [1.82, 2.24) is 9.62 Å². The van der Waals surface area contributed by atoms with Gasteiger partial charge in [-0.3, -0.25) is 0 Å². The Bertz CT molecular complexity index is 643. The largest absolute Gasteiger partial charge is 0.309 e. The minimum absolute atomic E-state index is 0.169. The Morgan fingerprint density at radius 2 is 1.95 bits per heavy atom. The van der Waals surface area contributed by atoms with Gasteiger partial charge in [-0.05, 0) is 44.1 Å². The molecule has 0 aliphatic rings. The number of nitrogens with one attached hydrogen (secondary N) is 1. The molecule has 0 radical (unpaired) electrons. The zero-order valence-corrected chi connectivity index (χ0v) is 14.1. The fourth-order valence-electron chi connectivity index (χ4n) is 2.24. The zero-order chi connectivity index (χ0) is 16.3. The molecule has 0 spiro atoms. The van der Waals surface area contributed by atoms with Crippen molar-refractivity contribution in [2.45, 2.75) is 25.7 Å². The van der Waals surface area contributed by atoms with Crippen LogP contribution in [0.2, 0.25) is 0 Å². The highest BCUT2D eigenvalue weighted by molar-refractivity contribution is 7.89. The van der Waals surface area contributed by atoms with E-state index in [0.717, 1.165) is 6.54 Å². The summed E-state index contributed by atoms with van der Waals surface area (Å²) in [6.45, 7) is 6.85. The summed E-state index contributed by atoms with van der Waals surface area (Å²) < 4.78 is 27.5. The summed E-state index contributed by atoms with van der Waals surface area (Å²) in [7, 11) is 0.298. The average molecular weight is 309 g/mol. The van der Waals surface area contributed by atoms with Gasteiger partial charge in [-0.15, -0.1) is 0 Å². The quantitative estimate of drug-likeness (QED) is 0.868. The van der Waals surface area contributed by atoms with Crippen molar-refractivity contribution in [3.63, 3.8) is 0 Å². The predicted molar refractivity (Wildman–Crippen MR) is 83.4 cm³/mol. The third-order valence-corrected chi connectivity index (χ3v) is 4.63. The first-order chi connectivity index (χ1) is 9.57. The lowest BCUT2D eigenvalue weighted by Crippen LogP contribution is -2.40. The maximum Gasteiger partial charge on any atom is 0.240 e. The molecule has 0 bridgehead atoms. The van der Waals surface area contributed by atoms with Crippen LogP contribution in [0.4, 0.5) is 0 Å². The predicted octanol–water partition coefficient (Wildman–Crippen LogP) is 1.73. The minimum atomic E-state index is -3.61. The molecule has 0 aliphatic carbocycles. The summed E-state index contributed by atoms with van der Waals surface area (Å²) in [5, 5.41) is 8.91. The summed E-state index contributed by atoms with van der Waals surface area (Å²) in [6, 6.07) is 6.65. The summed E-state index contributed by atoms with van der Waals surface area (Å²) >= 11 is 0. The van der Waals surface area contributed by atoms with Gasteiger partial charge in [0.2, 0.25) is 10.0 Å². The van der Waals surface area contributed by atoms with Crippen LogP contribution in [-0.4, -0.2) is 40.5 Å². The van der Waals surface area contributed by atoms with E-state index >= 15 is 0 Å². The number of nitriles is 1. The van der Waals surface area contributed by atoms with Crippen LogP contribution < -0.4 is 4.72 Å². The van der Waals surface area contributed by atoms with Crippen LogP contribution in [0.1, 0.15) is 25.0 Å². The van der Waals surface area contributed by atoms with E-state index in [-0.39, 0.29) is 10.3 Å². The summed E-state index contributed by atoms with van der Waals surface area (Å²) in [4.78, 5) is 2.19. The lowest BCUT2D eigenvalue weighted by atomic mass is 9.93. The highest BCUT2D eigenvalue weighted by Gasteiger charge is 2.24. The van der Waals surface area contributed by atoms with Gasteiger partial charge >= 0.3 is 0 Å². The van der Waals surface area contributed by atoms with Gasteiger partial charge in [-0.25, -0.2) is 13.1 Å². The molecule has 6 heteroatoms. The number of hydrogen-bond donors (Lipinski definition) is 1. The average Bonchev–Trinajstić information content (AvgIpc) is 2.36. The van der Waals surface area contributed by atoms with Crippen LogP contribution in [0.3, 0.4) is 0 Å². The first-order valence-electron chi connectivity index (χ1n) is 6.72. The normalized spacial score (nSPS) is 12.4. The van der Waals surface area contributed by atoms with Gasteiger partial charge in [-0.2, -0.15) is 5.26 Å². The Labute approximate surface area is 127 Å². The van der Waals surface area contributed by atoms with Gasteiger partial charge < -0.3 is 4.90 Å². The molecule has 0 aliphatic heterocycles. The molecule has 0 saturated heterocycles. The van der Waals surface area contributed by atoms with Crippen LogP contribution >= 0.6 is 0 Å². The monoisotopic (exact) mass is 309 g/mol. The highest BCUT2D eigenvalue weighted by atomic mass is 32.2. The van der Waals surface area contributed by atoms with Crippen molar-refractivity contribution in [3.05, 3.63) is 29.3 Å². The van der Waals surface area contributed by atoms with Crippen LogP contribution in [-0.2, 0) is 10.0 Å². The molecular formula is C15H23N3O2S. The van der Waals surface area contributed by atoms with Gasteiger partial charge in [0.25, 0.3) is 0 Å². The molecule has 1 aromatic rings. The number of sulfonamides is 1. The highest BCUT2D eigenvalue weighted by Crippen LogP contribution is 2.19. The van der Waals surface area contributed by atoms with Gasteiger partial charge in [0, 0.05) is 13.1 Å². The minimum Gasteiger partial charge on any atom is -0.309 e. The molecule has 1 N–H and O–H groups in total. The Hall–Kier alpha value is -1.42. The first-order valence-corrected chi connectivity index (χ1v) is 8.21. The number of nitrogens with zero attached hydrogens (tertiary/aromatic N) is 2. The van der Waals surface area contributed by atoms with Crippen molar-refractivity contribution < 1.29 is 8.42 Å². The van der Waals surface area contributed by atoms with E-state index in [9.17, 15) is 8.42 Å². The summed E-state index contributed by atoms with van der Waals surface area (Å²) in [5.41, 5.74) is 0.789. The van der Waals surface area contributed by atoms with Crippen molar-refractivity contribution in [3.8, 4) is 6.07 Å². The van der Waals surface area contributed by atoms with Crippen molar-refractivity contribution in [2.24, 2.45) is 5.41 Å². The van der Waals surface area contributed by atoms with Gasteiger partial charge in [0.15, 0.2) is 0 Å². The number of aryl methyl sites for hydroxylation is 1. The molecule has 0 fully saturated rings. The molecule has 1 aromatic carbocycles. The standard InChI is InChI=1S/C15H23N3O2S/c1-12-6-7-13(9-16)8-14(12)21(19,20)17-10-15(2,3)11-18(4)5/h6-8,17H,10-11H2,1-5H3. The van der Waals surface area contributed by atoms with E-state index in [1.165, 1.54) is 6.07 Å². The number of rotatable bonds is 6. The van der Waals surface area contributed by atoms with E-state index in [4.69, 9.17) is 5.26 Å². The molecular weight excluding hydrogens is 286 g/mol. The molecule has 21 heavy (non-hydrogen) atoms. The third kappa shape index (κ3) is 5.12. The van der Waals surface area contributed by atoms with Crippen LogP contribution in [0, 0.1) is 23.7 Å². The molecule has 0 saturated carbocycles. The van der Waals surface area contributed by atoms with Crippen molar-refractivity contribution in [2.75, 3.05) is 27.2 Å². The summed E-state index contributed by atoms with van der Waals surface area (Å²) in [5.74, 6) is 0. The van der Waals surface area contributed by atoms with Gasteiger partial charge in [0.05, 0.1) is 16.5 Å². The Kier molecular flexibility index (Phi) is 5.51. The van der Waals surface area contributed by atoms with Crippen molar-refractivity contribution >= 4 is 10.0 Å². The number of benzene rings is 1. The Morgan fingerprint density at radius 1 is 1.33 bits per heavy atom. The summed E-state index contributed by atoms with van der Waals surface area (Å²) in [6.07, 6.45) is 0. The second-order valence-electron chi connectivity index (χ2n) is 6.32. The number of hydrogen-bond acceptors (Lipinski definition) is 4. The fraction of sp³-hybridized carbons (Fsp3) is 0.533. The molecule has 0 atom stereocenters. The SMILES string of the molecule is Cc1ccc(C#N)cc1S(=O)(=O)NCC(C)(C)CN(C)C. The van der Waals surface area contributed by atoms with E-state index in [1.54, 1.807) is 19.1 Å². The second-order valence-corrected chi connectivity index (χ2v) is 8.05. The molecule has 0 aromatic heterocycles.